The van der Waals surface area contributed by atoms with E-state index in [1.54, 1.807) is 56.3 Å². The van der Waals surface area contributed by atoms with Gasteiger partial charge in [0.1, 0.15) is 11.8 Å². The third-order valence-electron chi connectivity index (χ3n) is 5.36. The number of anilines is 1. The minimum absolute atomic E-state index is 0.0340. The van der Waals surface area contributed by atoms with Gasteiger partial charge in [-0.15, -0.1) is 0 Å². The second kappa shape index (κ2) is 13.0. The van der Waals surface area contributed by atoms with Crippen LogP contribution in [0.4, 0.5) is 5.69 Å². The van der Waals surface area contributed by atoms with Crippen molar-refractivity contribution in [3.05, 3.63) is 58.1 Å². The van der Waals surface area contributed by atoms with E-state index in [2.05, 4.69) is 5.32 Å². The van der Waals surface area contributed by atoms with Crippen LogP contribution >= 0.6 is 23.2 Å². The zero-order valence-corrected chi connectivity index (χ0v) is 22.6. The number of nitrogens with zero attached hydrogens (tertiary/aromatic N) is 2. The fourth-order valence-electron chi connectivity index (χ4n) is 3.56. The molecule has 2 rings (SSSR count). The van der Waals surface area contributed by atoms with E-state index in [4.69, 9.17) is 27.9 Å². The summed E-state index contributed by atoms with van der Waals surface area (Å²) < 4.78 is 31.5. The molecule has 35 heavy (non-hydrogen) atoms. The molecule has 0 spiro atoms. The lowest BCUT2D eigenvalue weighted by Gasteiger charge is -2.29. The normalized spacial score (nSPS) is 12.1. The van der Waals surface area contributed by atoms with Gasteiger partial charge >= 0.3 is 0 Å². The number of methoxy groups -OCH3 is 1. The molecule has 2 aromatic carbocycles. The van der Waals surface area contributed by atoms with Crippen LogP contribution in [0.25, 0.3) is 0 Å². The molecule has 2 amide bonds. The Kier molecular flexibility index (Phi) is 10.7. The molecule has 0 heterocycles. The first-order valence-electron chi connectivity index (χ1n) is 11.1. The molecule has 0 aliphatic rings. The van der Waals surface area contributed by atoms with Crippen LogP contribution in [0.15, 0.2) is 42.5 Å². The van der Waals surface area contributed by atoms with Gasteiger partial charge in [0.25, 0.3) is 0 Å². The van der Waals surface area contributed by atoms with Crippen molar-refractivity contribution >= 4 is 50.7 Å². The molecule has 11 heteroatoms. The van der Waals surface area contributed by atoms with Gasteiger partial charge in [-0.05, 0) is 50.1 Å². The number of likely N-dealkylation sites (N-methyl/N-ethyl adjacent to an activating group) is 1. The van der Waals surface area contributed by atoms with Gasteiger partial charge in [0.15, 0.2) is 0 Å². The molecule has 1 unspecified atom stereocenters. The van der Waals surface area contributed by atoms with E-state index in [9.17, 15) is 18.0 Å². The lowest BCUT2D eigenvalue weighted by atomic mass is 10.1. The largest absolute Gasteiger partial charge is 0.495 e. The first kappa shape index (κ1) is 28.7. The molecule has 0 fully saturated rings. The summed E-state index contributed by atoms with van der Waals surface area (Å²) >= 11 is 12.1. The summed E-state index contributed by atoms with van der Waals surface area (Å²) in [5, 5.41) is 3.47. The van der Waals surface area contributed by atoms with Gasteiger partial charge < -0.3 is 15.0 Å². The van der Waals surface area contributed by atoms with E-state index in [-0.39, 0.29) is 37.7 Å². The lowest BCUT2D eigenvalue weighted by Crippen LogP contribution is -2.47. The van der Waals surface area contributed by atoms with E-state index in [0.717, 1.165) is 11.8 Å². The van der Waals surface area contributed by atoms with E-state index in [0.29, 0.717) is 28.0 Å². The number of carbonyl (C=O) groups is 2. The van der Waals surface area contributed by atoms with Gasteiger partial charge in [0.2, 0.25) is 21.8 Å². The molecule has 2 aromatic rings. The van der Waals surface area contributed by atoms with Gasteiger partial charge in [-0.1, -0.05) is 41.4 Å². The Balaban J connectivity index is 2.21. The first-order valence-corrected chi connectivity index (χ1v) is 13.7. The van der Waals surface area contributed by atoms with E-state index in [1.807, 2.05) is 0 Å². The predicted molar refractivity (Wildman–Crippen MR) is 140 cm³/mol. The number of halogens is 2. The third-order valence-corrected chi connectivity index (χ3v) is 7.28. The van der Waals surface area contributed by atoms with E-state index in [1.165, 1.54) is 16.3 Å². The monoisotopic (exact) mass is 543 g/mol. The van der Waals surface area contributed by atoms with Crippen LogP contribution in [0.2, 0.25) is 10.0 Å². The van der Waals surface area contributed by atoms with E-state index >= 15 is 0 Å². The number of para-hydroxylation sites is 2. The maximum absolute atomic E-state index is 13.2. The van der Waals surface area contributed by atoms with Crippen molar-refractivity contribution in [3.8, 4) is 5.75 Å². The summed E-state index contributed by atoms with van der Waals surface area (Å²) in [6, 6.07) is 11.1. The quantitative estimate of drug-likeness (QED) is 0.434. The van der Waals surface area contributed by atoms with Crippen molar-refractivity contribution in [1.29, 1.82) is 0 Å². The highest BCUT2D eigenvalue weighted by molar-refractivity contribution is 7.92. The Hall–Kier alpha value is -2.49. The standard InChI is InChI=1S/C24H31Cl2N3O5S/c1-5-27-24(31)17(2)28(16-18-12-13-19(25)20(26)15-18)23(30)11-8-14-29(35(4,32)33)21-9-6-7-10-22(21)34-3/h6-7,9-10,12-13,15,17H,5,8,11,14,16H2,1-4H3,(H,27,31). The molecular formula is C24H31Cl2N3O5S. The smallest absolute Gasteiger partial charge is 0.242 e. The van der Waals surface area contributed by atoms with Crippen molar-refractivity contribution in [1.82, 2.24) is 10.2 Å². The molecular weight excluding hydrogens is 513 g/mol. The minimum Gasteiger partial charge on any atom is -0.495 e. The fraction of sp³-hybridized carbons (Fsp3) is 0.417. The van der Waals surface area contributed by atoms with Crippen LogP contribution in [0.3, 0.4) is 0 Å². The summed E-state index contributed by atoms with van der Waals surface area (Å²) in [6.07, 6.45) is 1.38. The average Bonchev–Trinajstić information content (AvgIpc) is 2.81. The summed E-state index contributed by atoms with van der Waals surface area (Å²) in [6.45, 7) is 4.10. The molecule has 0 aliphatic heterocycles. The lowest BCUT2D eigenvalue weighted by molar-refractivity contribution is -0.140. The maximum Gasteiger partial charge on any atom is 0.242 e. The summed E-state index contributed by atoms with van der Waals surface area (Å²) in [7, 11) is -2.16. The first-order chi connectivity index (χ1) is 16.5. The molecule has 1 N–H and O–H groups in total. The predicted octanol–water partition coefficient (Wildman–Crippen LogP) is 4.10. The molecule has 1 atom stereocenters. The second-order valence-corrected chi connectivity index (χ2v) is 10.7. The highest BCUT2D eigenvalue weighted by Crippen LogP contribution is 2.30. The number of hydrogen-bond acceptors (Lipinski definition) is 5. The van der Waals surface area contributed by atoms with Crippen LogP contribution < -0.4 is 14.4 Å². The van der Waals surface area contributed by atoms with Crippen molar-refractivity contribution in [2.45, 2.75) is 39.3 Å². The van der Waals surface area contributed by atoms with Gasteiger partial charge in [-0.25, -0.2) is 8.42 Å². The summed E-state index contributed by atoms with van der Waals surface area (Å²) in [5.74, 6) is -0.161. The van der Waals surface area contributed by atoms with Gasteiger partial charge in [0.05, 0.1) is 29.1 Å². The topological polar surface area (TPSA) is 96.0 Å². The summed E-state index contributed by atoms with van der Waals surface area (Å²) in [4.78, 5) is 27.2. The molecule has 0 bridgehead atoms. The van der Waals surface area contributed by atoms with Crippen molar-refractivity contribution in [2.24, 2.45) is 0 Å². The van der Waals surface area contributed by atoms with Crippen LogP contribution in [-0.4, -0.2) is 57.6 Å². The van der Waals surface area contributed by atoms with Crippen LogP contribution in [0, 0.1) is 0 Å². The fourth-order valence-corrected chi connectivity index (χ4v) is 4.85. The Labute approximate surface area is 217 Å². The zero-order chi connectivity index (χ0) is 26.2. The van der Waals surface area contributed by atoms with Crippen LogP contribution in [-0.2, 0) is 26.2 Å². The molecule has 0 aromatic heterocycles. The van der Waals surface area contributed by atoms with Crippen molar-refractivity contribution in [3.63, 3.8) is 0 Å². The number of nitrogens with one attached hydrogen (secondary N) is 1. The molecule has 192 valence electrons. The molecule has 0 aliphatic carbocycles. The van der Waals surface area contributed by atoms with Crippen molar-refractivity contribution < 1.29 is 22.7 Å². The molecule has 0 saturated heterocycles. The Bertz CT molecular complexity index is 1140. The maximum atomic E-state index is 13.2. The Morgan fingerprint density at radius 1 is 1.11 bits per heavy atom. The number of hydrogen-bond donors (Lipinski definition) is 1. The molecule has 0 saturated carbocycles. The van der Waals surface area contributed by atoms with Crippen molar-refractivity contribution in [2.75, 3.05) is 30.8 Å². The van der Waals surface area contributed by atoms with Gasteiger partial charge in [-0.3, -0.25) is 13.9 Å². The highest BCUT2D eigenvalue weighted by Gasteiger charge is 2.27. The average molecular weight is 545 g/mol. The molecule has 8 nitrogen and oxygen atoms in total. The minimum atomic E-state index is -3.63. The van der Waals surface area contributed by atoms with E-state index < -0.39 is 16.1 Å². The number of amides is 2. The van der Waals surface area contributed by atoms with Gasteiger partial charge in [-0.2, -0.15) is 0 Å². The van der Waals surface area contributed by atoms with Gasteiger partial charge in [0, 0.05) is 26.1 Å². The van der Waals surface area contributed by atoms with Crippen LogP contribution in [0.1, 0.15) is 32.3 Å². The number of carbonyl (C=O) groups excluding carboxylic acids is 2. The zero-order valence-electron chi connectivity index (χ0n) is 20.3. The third kappa shape index (κ3) is 8.02. The molecule has 0 radical (unpaired) electrons. The number of ether oxygens (including phenoxy) is 1. The van der Waals surface area contributed by atoms with Crippen LogP contribution in [0.5, 0.6) is 5.75 Å². The Morgan fingerprint density at radius 2 is 1.80 bits per heavy atom. The SMILES string of the molecule is CCNC(=O)C(C)N(Cc1ccc(Cl)c(Cl)c1)C(=O)CCCN(c1ccccc1OC)S(C)(=O)=O. The Morgan fingerprint density at radius 3 is 2.40 bits per heavy atom. The second-order valence-electron chi connectivity index (χ2n) is 7.95. The number of benzene rings is 2. The number of rotatable bonds is 12. The highest BCUT2D eigenvalue weighted by atomic mass is 35.5. The number of sulfonamides is 1. The summed E-state index contributed by atoms with van der Waals surface area (Å²) in [5.41, 5.74) is 1.11.